The summed E-state index contributed by atoms with van der Waals surface area (Å²) in [5.41, 5.74) is 1.40. The molecular formula is C13H24O2. The van der Waals surface area contributed by atoms with Gasteiger partial charge < -0.3 is 9.47 Å². The fourth-order valence-corrected chi connectivity index (χ4v) is 2.76. The van der Waals surface area contributed by atoms with Crippen molar-refractivity contribution in [2.24, 2.45) is 11.3 Å². The van der Waals surface area contributed by atoms with Crippen LogP contribution in [0, 0.1) is 11.3 Å². The van der Waals surface area contributed by atoms with Crippen LogP contribution in [-0.4, -0.2) is 26.4 Å². The van der Waals surface area contributed by atoms with E-state index in [2.05, 4.69) is 27.4 Å². The molecule has 0 radical (unpaired) electrons. The SMILES string of the molecule is C=C(C)[C@@H]1CCC(C)(C)[C@H](OC)[C@H]1OC. The number of rotatable bonds is 3. The zero-order valence-corrected chi connectivity index (χ0v) is 10.7. The van der Waals surface area contributed by atoms with Gasteiger partial charge in [0.1, 0.15) is 0 Å². The Labute approximate surface area is 93.7 Å². The van der Waals surface area contributed by atoms with E-state index in [9.17, 15) is 0 Å². The zero-order chi connectivity index (χ0) is 11.6. The van der Waals surface area contributed by atoms with Gasteiger partial charge in [0.2, 0.25) is 0 Å². The molecule has 2 nitrogen and oxygen atoms in total. The van der Waals surface area contributed by atoms with Gasteiger partial charge in [-0.15, -0.1) is 0 Å². The molecule has 0 bridgehead atoms. The summed E-state index contributed by atoms with van der Waals surface area (Å²) in [6.45, 7) is 10.6. The standard InChI is InChI=1S/C13H24O2/c1-9(2)10-7-8-13(3,4)12(15-6)11(10)14-5/h10-12H,1,7-8H2,2-6H3/t10-,11-,12+/m0/s1. The molecule has 0 spiro atoms. The lowest BCUT2D eigenvalue weighted by atomic mass is 9.67. The third-order valence-electron chi connectivity index (χ3n) is 3.72. The van der Waals surface area contributed by atoms with Gasteiger partial charge in [-0.05, 0) is 25.2 Å². The molecule has 1 aliphatic carbocycles. The molecule has 0 aromatic heterocycles. The quantitative estimate of drug-likeness (QED) is 0.669. The number of ether oxygens (including phenoxy) is 2. The molecule has 15 heavy (non-hydrogen) atoms. The Kier molecular flexibility index (Phi) is 3.96. The number of hydrogen-bond acceptors (Lipinski definition) is 2. The lowest BCUT2D eigenvalue weighted by Gasteiger charge is -2.46. The van der Waals surface area contributed by atoms with Crippen molar-refractivity contribution in [2.45, 2.75) is 45.8 Å². The van der Waals surface area contributed by atoms with Crippen LogP contribution < -0.4 is 0 Å². The van der Waals surface area contributed by atoms with Crippen molar-refractivity contribution in [3.63, 3.8) is 0 Å². The van der Waals surface area contributed by atoms with Crippen LogP contribution in [0.1, 0.15) is 33.6 Å². The van der Waals surface area contributed by atoms with E-state index in [1.807, 2.05) is 0 Å². The molecule has 0 heterocycles. The van der Waals surface area contributed by atoms with E-state index in [0.717, 1.165) is 6.42 Å². The summed E-state index contributed by atoms with van der Waals surface area (Å²) >= 11 is 0. The van der Waals surface area contributed by atoms with Gasteiger partial charge in [0.15, 0.2) is 0 Å². The monoisotopic (exact) mass is 212 g/mol. The molecule has 0 saturated heterocycles. The first kappa shape index (κ1) is 12.7. The highest BCUT2D eigenvalue weighted by Crippen LogP contribution is 2.43. The summed E-state index contributed by atoms with van der Waals surface area (Å²) in [6, 6.07) is 0. The second-order valence-electron chi connectivity index (χ2n) is 5.34. The maximum Gasteiger partial charge on any atom is 0.0902 e. The van der Waals surface area contributed by atoms with Gasteiger partial charge in [0.25, 0.3) is 0 Å². The molecule has 3 atom stereocenters. The van der Waals surface area contributed by atoms with Crippen LogP contribution in [-0.2, 0) is 9.47 Å². The lowest BCUT2D eigenvalue weighted by Crippen LogP contribution is -2.50. The van der Waals surface area contributed by atoms with E-state index >= 15 is 0 Å². The van der Waals surface area contributed by atoms with Gasteiger partial charge >= 0.3 is 0 Å². The lowest BCUT2D eigenvalue weighted by molar-refractivity contribution is -0.134. The van der Waals surface area contributed by atoms with Crippen LogP contribution in [0.2, 0.25) is 0 Å². The van der Waals surface area contributed by atoms with Crippen molar-refractivity contribution in [1.82, 2.24) is 0 Å². The summed E-state index contributed by atoms with van der Waals surface area (Å²) in [4.78, 5) is 0. The van der Waals surface area contributed by atoms with Crippen LogP contribution in [0.15, 0.2) is 12.2 Å². The molecule has 1 saturated carbocycles. The Morgan fingerprint density at radius 3 is 2.27 bits per heavy atom. The molecular weight excluding hydrogens is 188 g/mol. The smallest absolute Gasteiger partial charge is 0.0902 e. The topological polar surface area (TPSA) is 18.5 Å². The zero-order valence-electron chi connectivity index (χ0n) is 10.7. The van der Waals surface area contributed by atoms with Crippen LogP contribution >= 0.6 is 0 Å². The van der Waals surface area contributed by atoms with Gasteiger partial charge in [-0.2, -0.15) is 0 Å². The van der Waals surface area contributed by atoms with Crippen molar-refractivity contribution in [2.75, 3.05) is 14.2 Å². The minimum atomic E-state index is 0.149. The molecule has 1 fully saturated rings. The molecule has 1 aliphatic rings. The van der Waals surface area contributed by atoms with E-state index in [1.54, 1.807) is 14.2 Å². The van der Waals surface area contributed by atoms with E-state index in [-0.39, 0.29) is 17.6 Å². The van der Waals surface area contributed by atoms with Crippen molar-refractivity contribution in [1.29, 1.82) is 0 Å². The third kappa shape index (κ3) is 2.43. The highest BCUT2D eigenvalue weighted by Gasteiger charge is 2.44. The van der Waals surface area contributed by atoms with Gasteiger partial charge in [-0.3, -0.25) is 0 Å². The van der Waals surface area contributed by atoms with Crippen molar-refractivity contribution >= 4 is 0 Å². The first-order chi connectivity index (χ1) is 6.94. The maximum atomic E-state index is 5.62. The van der Waals surface area contributed by atoms with Gasteiger partial charge in [-0.25, -0.2) is 0 Å². The predicted octanol–water partition coefficient (Wildman–Crippen LogP) is 3.03. The van der Waals surface area contributed by atoms with Crippen molar-refractivity contribution in [3.05, 3.63) is 12.2 Å². The van der Waals surface area contributed by atoms with Crippen LogP contribution in [0.5, 0.6) is 0 Å². The molecule has 0 amide bonds. The Bertz CT molecular complexity index is 233. The van der Waals surface area contributed by atoms with E-state index < -0.39 is 0 Å². The molecule has 0 unspecified atom stereocenters. The highest BCUT2D eigenvalue weighted by molar-refractivity contribution is 5.07. The second kappa shape index (κ2) is 4.67. The number of methoxy groups -OCH3 is 2. The van der Waals surface area contributed by atoms with Crippen LogP contribution in [0.3, 0.4) is 0 Å². The summed E-state index contributed by atoms with van der Waals surface area (Å²) < 4.78 is 11.2. The molecule has 0 aromatic carbocycles. The third-order valence-corrected chi connectivity index (χ3v) is 3.72. The molecule has 0 N–H and O–H groups in total. The molecule has 0 aromatic rings. The summed E-state index contributed by atoms with van der Waals surface area (Å²) in [6.07, 6.45) is 2.64. The summed E-state index contributed by atoms with van der Waals surface area (Å²) in [5.74, 6) is 0.438. The summed E-state index contributed by atoms with van der Waals surface area (Å²) in [7, 11) is 3.55. The first-order valence-corrected chi connectivity index (χ1v) is 5.65. The van der Waals surface area contributed by atoms with Crippen LogP contribution in [0.25, 0.3) is 0 Å². The highest BCUT2D eigenvalue weighted by atomic mass is 16.5. The Morgan fingerprint density at radius 1 is 1.27 bits per heavy atom. The van der Waals surface area contributed by atoms with Crippen molar-refractivity contribution < 1.29 is 9.47 Å². The normalized spacial score (nSPS) is 35.1. The molecule has 88 valence electrons. The predicted molar refractivity (Wildman–Crippen MR) is 62.9 cm³/mol. The second-order valence-corrected chi connectivity index (χ2v) is 5.34. The maximum absolute atomic E-state index is 5.62. The fraction of sp³-hybridized carbons (Fsp3) is 0.846. The largest absolute Gasteiger partial charge is 0.378 e. The average Bonchev–Trinajstić information content (AvgIpc) is 2.15. The molecule has 0 aliphatic heterocycles. The molecule has 2 heteroatoms. The Morgan fingerprint density at radius 2 is 1.87 bits per heavy atom. The Balaban J connectivity index is 2.89. The summed E-state index contributed by atoms with van der Waals surface area (Å²) in [5, 5.41) is 0. The van der Waals surface area contributed by atoms with Gasteiger partial charge in [0, 0.05) is 20.1 Å². The van der Waals surface area contributed by atoms with Crippen molar-refractivity contribution in [3.8, 4) is 0 Å². The van der Waals surface area contributed by atoms with E-state index in [0.29, 0.717) is 5.92 Å². The minimum absolute atomic E-state index is 0.149. The minimum Gasteiger partial charge on any atom is -0.378 e. The van der Waals surface area contributed by atoms with E-state index in [4.69, 9.17) is 9.47 Å². The fourth-order valence-electron chi connectivity index (χ4n) is 2.76. The average molecular weight is 212 g/mol. The Hall–Kier alpha value is -0.340. The number of hydrogen-bond donors (Lipinski definition) is 0. The van der Waals surface area contributed by atoms with E-state index in [1.165, 1.54) is 12.0 Å². The first-order valence-electron chi connectivity index (χ1n) is 5.65. The molecule has 1 rings (SSSR count). The van der Waals surface area contributed by atoms with Gasteiger partial charge in [0.05, 0.1) is 12.2 Å². The van der Waals surface area contributed by atoms with Crippen LogP contribution in [0.4, 0.5) is 0 Å². The van der Waals surface area contributed by atoms with Gasteiger partial charge in [-0.1, -0.05) is 26.0 Å².